The Bertz CT molecular complexity index is 367. The summed E-state index contributed by atoms with van der Waals surface area (Å²) in [6, 6.07) is 0.326. The SMILES string of the molecule is CCCCCC[C@@H](N)CCCCC[C@@H](O[Si](C)(C)C(C)(C)C)C(N)=O. The highest BCUT2D eigenvalue weighted by atomic mass is 28.4. The number of hydrogen-bond acceptors (Lipinski definition) is 3. The van der Waals surface area contributed by atoms with Crippen LogP contribution >= 0.6 is 0 Å². The summed E-state index contributed by atoms with van der Waals surface area (Å²) in [6.07, 6.45) is 10.8. The lowest BCUT2D eigenvalue weighted by molar-refractivity contribution is -0.125. The van der Waals surface area contributed by atoms with E-state index in [1.807, 2.05) is 0 Å². The van der Waals surface area contributed by atoms with Crippen LogP contribution in [0.4, 0.5) is 0 Å². The van der Waals surface area contributed by atoms with E-state index in [9.17, 15) is 4.79 Å². The molecule has 150 valence electrons. The second-order valence-electron chi connectivity index (χ2n) is 9.02. The molecule has 0 saturated carbocycles. The summed E-state index contributed by atoms with van der Waals surface area (Å²) < 4.78 is 6.21. The fourth-order valence-electron chi connectivity index (χ4n) is 2.68. The molecule has 25 heavy (non-hydrogen) atoms. The first-order valence-electron chi connectivity index (χ1n) is 10.2. The van der Waals surface area contributed by atoms with E-state index >= 15 is 0 Å². The number of nitrogens with two attached hydrogens (primary N) is 2. The van der Waals surface area contributed by atoms with Gasteiger partial charge < -0.3 is 15.9 Å². The van der Waals surface area contributed by atoms with Crippen molar-refractivity contribution in [3.8, 4) is 0 Å². The van der Waals surface area contributed by atoms with E-state index in [-0.39, 0.29) is 10.9 Å². The van der Waals surface area contributed by atoms with Crippen molar-refractivity contribution in [3.63, 3.8) is 0 Å². The molecule has 0 unspecified atom stereocenters. The molecule has 0 aromatic carbocycles. The van der Waals surface area contributed by atoms with Crippen LogP contribution in [0.5, 0.6) is 0 Å². The summed E-state index contributed by atoms with van der Waals surface area (Å²) in [4.78, 5) is 11.7. The molecule has 0 saturated heterocycles. The fraction of sp³-hybridized carbons (Fsp3) is 0.950. The van der Waals surface area contributed by atoms with Gasteiger partial charge in [0.2, 0.25) is 5.91 Å². The largest absolute Gasteiger partial charge is 0.405 e. The maximum absolute atomic E-state index is 11.7. The molecule has 1 amide bonds. The summed E-state index contributed by atoms with van der Waals surface area (Å²) in [5, 5.41) is 0.0885. The molecule has 0 rings (SSSR count). The Morgan fingerprint density at radius 3 is 1.88 bits per heavy atom. The summed E-state index contributed by atoms with van der Waals surface area (Å²) in [6.45, 7) is 13.1. The Balaban J connectivity index is 4.04. The third-order valence-electron chi connectivity index (χ3n) is 5.53. The van der Waals surface area contributed by atoms with Gasteiger partial charge in [-0.05, 0) is 37.4 Å². The van der Waals surface area contributed by atoms with E-state index in [1.165, 1.54) is 25.7 Å². The molecule has 0 aliphatic carbocycles. The second-order valence-corrected chi connectivity index (χ2v) is 13.8. The van der Waals surface area contributed by atoms with Gasteiger partial charge in [-0.1, -0.05) is 72.6 Å². The van der Waals surface area contributed by atoms with Crippen LogP contribution in [0, 0.1) is 0 Å². The number of rotatable bonds is 14. The zero-order valence-electron chi connectivity index (χ0n) is 17.7. The van der Waals surface area contributed by atoms with Crippen molar-refractivity contribution in [1.29, 1.82) is 0 Å². The van der Waals surface area contributed by atoms with Gasteiger partial charge >= 0.3 is 0 Å². The molecule has 0 heterocycles. The molecular formula is C20H44N2O2Si. The summed E-state index contributed by atoms with van der Waals surface area (Å²) in [5.41, 5.74) is 11.8. The van der Waals surface area contributed by atoms with Crippen LogP contribution in [-0.4, -0.2) is 26.4 Å². The molecule has 4 nitrogen and oxygen atoms in total. The maximum atomic E-state index is 11.7. The van der Waals surface area contributed by atoms with Crippen molar-refractivity contribution >= 4 is 14.2 Å². The quantitative estimate of drug-likeness (QED) is 0.328. The zero-order valence-corrected chi connectivity index (χ0v) is 18.7. The normalized spacial score (nSPS) is 15.2. The standard InChI is InChI=1S/C20H44N2O2Si/c1-7-8-9-11-14-17(21)15-12-10-13-16-18(19(22)23)24-25(5,6)20(2,3)4/h17-18H,7-16,21H2,1-6H3,(H2,22,23)/t17-,18-/m1/s1. The number of unbranched alkanes of at least 4 members (excludes halogenated alkanes) is 5. The fourth-order valence-corrected chi connectivity index (χ4v) is 3.98. The molecule has 2 atom stereocenters. The van der Waals surface area contributed by atoms with E-state index < -0.39 is 14.4 Å². The smallest absolute Gasteiger partial charge is 0.245 e. The lowest BCUT2D eigenvalue weighted by Gasteiger charge is -2.38. The molecule has 0 bridgehead atoms. The Labute approximate surface area is 157 Å². The van der Waals surface area contributed by atoms with E-state index in [0.29, 0.717) is 6.04 Å². The molecule has 0 aliphatic rings. The average molecular weight is 373 g/mol. The number of amides is 1. The molecule has 0 aliphatic heterocycles. The number of hydrogen-bond donors (Lipinski definition) is 2. The van der Waals surface area contributed by atoms with E-state index in [2.05, 4.69) is 40.8 Å². The van der Waals surface area contributed by atoms with Gasteiger partial charge in [-0.25, -0.2) is 0 Å². The first-order valence-corrected chi connectivity index (χ1v) is 13.1. The number of carbonyl (C=O) groups is 1. The van der Waals surface area contributed by atoms with Crippen molar-refractivity contribution in [1.82, 2.24) is 0 Å². The molecule has 5 heteroatoms. The van der Waals surface area contributed by atoms with Crippen molar-refractivity contribution in [2.24, 2.45) is 11.5 Å². The molecular weight excluding hydrogens is 328 g/mol. The Kier molecular flexibility index (Phi) is 11.9. The lowest BCUT2D eigenvalue weighted by Crippen LogP contribution is -2.47. The highest BCUT2D eigenvalue weighted by Crippen LogP contribution is 2.37. The van der Waals surface area contributed by atoms with Gasteiger partial charge in [0.15, 0.2) is 8.32 Å². The predicted molar refractivity (Wildman–Crippen MR) is 111 cm³/mol. The first-order chi connectivity index (χ1) is 11.5. The molecule has 4 N–H and O–H groups in total. The summed E-state index contributed by atoms with van der Waals surface area (Å²) in [5.74, 6) is -0.322. The minimum Gasteiger partial charge on any atom is -0.405 e. The molecule has 0 aromatic rings. The van der Waals surface area contributed by atoms with Crippen LogP contribution in [0.1, 0.15) is 91.9 Å². The number of primary amides is 1. The topological polar surface area (TPSA) is 78.3 Å². The Hall–Kier alpha value is -0.393. The minimum absolute atomic E-state index is 0.0885. The van der Waals surface area contributed by atoms with Crippen LogP contribution in [0.3, 0.4) is 0 Å². The maximum Gasteiger partial charge on any atom is 0.245 e. The van der Waals surface area contributed by atoms with Crippen molar-refractivity contribution in [2.45, 2.75) is 122 Å². The van der Waals surface area contributed by atoms with Crippen LogP contribution in [0.25, 0.3) is 0 Å². The van der Waals surface area contributed by atoms with Gasteiger partial charge in [0.1, 0.15) is 6.10 Å². The summed E-state index contributed by atoms with van der Waals surface area (Å²) >= 11 is 0. The summed E-state index contributed by atoms with van der Waals surface area (Å²) in [7, 11) is -1.96. The van der Waals surface area contributed by atoms with Gasteiger partial charge in [0.05, 0.1) is 0 Å². The van der Waals surface area contributed by atoms with Crippen molar-refractivity contribution < 1.29 is 9.22 Å². The van der Waals surface area contributed by atoms with Crippen LogP contribution in [0.15, 0.2) is 0 Å². The van der Waals surface area contributed by atoms with Crippen LogP contribution in [-0.2, 0) is 9.22 Å². The van der Waals surface area contributed by atoms with Crippen molar-refractivity contribution in [2.75, 3.05) is 0 Å². The second kappa shape index (κ2) is 12.1. The highest BCUT2D eigenvalue weighted by molar-refractivity contribution is 6.74. The Morgan fingerprint density at radius 1 is 0.960 bits per heavy atom. The monoisotopic (exact) mass is 372 g/mol. The zero-order chi connectivity index (χ0) is 19.5. The molecule has 0 aromatic heterocycles. The van der Waals surface area contributed by atoms with Gasteiger partial charge in [0, 0.05) is 6.04 Å². The minimum atomic E-state index is -1.96. The van der Waals surface area contributed by atoms with Gasteiger partial charge in [-0.2, -0.15) is 0 Å². The third kappa shape index (κ3) is 11.0. The van der Waals surface area contributed by atoms with Gasteiger partial charge in [-0.3, -0.25) is 4.79 Å². The van der Waals surface area contributed by atoms with Crippen LogP contribution in [0.2, 0.25) is 18.1 Å². The van der Waals surface area contributed by atoms with E-state index in [4.69, 9.17) is 15.9 Å². The molecule has 0 radical (unpaired) electrons. The van der Waals surface area contributed by atoms with Crippen LogP contribution < -0.4 is 11.5 Å². The molecule has 0 spiro atoms. The Morgan fingerprint density at radius 2 is 1.44 bits per heavy atom. The van der Waals surface area contributed by atoms with Gasteiger partial charge in [0.25, 0.3) is 0 Å². The first kappa shape index (κ1) is 24.6. The van der Waals surface area contributed by atoms with E-state index in [0.717, 1.165) is 38.5 Å². The van der Waals surface area contributed by atoms with Gasteiger partial charge in [-0.15, -0.1) is 0 Å². The van der Waals surface area contributed by atoms with E-state index in [1.54, 1.807) is 0 Å². The molecule has 0 fully saturated rings. The predicted octanol–water partition coefficient (Wildman–Crippen LogP) is 5.11. The van der Waals surface area contributed by atoms with Crippen molar-refractivity contribution in [3.05, 3.63) is 0 Å². The third-order valence-corrected chi connectivity index (χ3v) is 10.0. The number of carbonyl (C=O) groups excluding carboxylic acids is 1. The average Bonchev–Trinajstić information content (AvgIpc) is 2.48. The highest BCUT2D eigenvalue weighted by Gasteiger charge is 2.40. The lowest BCUT2D eigenvalue weighted by atomic mass is 10.0.